The first-order chi connectivity index (χ1) is 9.65. The van der Waals surface area contributed by atoms with Crippen molar-refractivity contribution in [2.45, 2.75) is 32.8 Å². The third kappa shape index (κ3) is 2.41. The van der Waals surface area contributed by atoms with Crippen LogP contribution >= 0.6 is 0 Å². The van der Waals surface area contributed by atoms with Gasteiger partial charge in [0.2, 0.25) is 0 Å². The third-order valence-electron chi connectivity index (χ3n) is 3.88. The summed E-state index contributed by atoms with van der Waals surface area (Å²) < 4.78 is 0. The van der Waals surface area contributed by atoms with E-state index in [4.69, 9.17) is 0 Å². The van der Waals surface area contributed by atoms with Crippen molar-refractivity contribution < 1.29 is 5.11 Å². The summed E-state index contributed by atoms with van der Waals surface area (Å²) >= 11 is 0. The molecular weight excluding hydrogens is 248 g/mol. The van der Waals surface area contributed by atoms with Gasteiger partial charge in [0, 0.05) is 18.4 Å². The summed E-state index contributed by atoms with van der Waals surface area (Å²) in [5.41, 5.74) is 4.83. The third-order valence-corrected chi connectivity index (χ3v) is 3.88. The zero-order chi connectivity index (χ0) is 14.1. The number of benzene rings is 1. The number of anilines is 2. The minimum Gasteiger partial charge on any atom is -0.389 e. The highest BCUT2D eigenvalue weighted by Crippen LogP contribution is 2.33. The molecule has 0 saturated heterocycles. The topological polar surface area (TPSA) is 36.4 Å². The van der Waals surface area contributed by atoms with Crippen molar-refractivity contribution >= 4 is 11.5 Å². The highest BCUT2D eigenvalue weighted by atomic mass is 16.3. The second-order valence-corrected chi connectivity index (χ2v) is 5.51. The summed E-state index contributed by atoms with van der Waals surface area (Å²) in [6, 6.07) is 10.6. The summed E-state index contributed by atoms with van der Waals surface area (Å²) in [6.45, 7) is 4.89. The second kappa shape index (κ2) is 5.25. The molecule has 0 bridgehead atoms. The van der Waals surface area contributed by atoms with Crippen LogP contribution in [0.5, 0.6) is 0 Å². The molecule has 0 amide bonds. The fourth-order valence-corrected chi connectivity index (χ4v) is 2.77. The van der Waals surface area contributed by atoms with Crippen molar-refractivity contribution in [2.75, 3.05) is 11.4 Å². The average Bonchev–Trinajstić information content (AvgIpc) is 2.46. The molecule has 1 aliphatic rings. The molecular formula is C17H20N2O. The highest BCUT2D eigenvalue weighted by molar-refractivity contribution is 5.66. The molecule has 2 aromatic rings. The number of rotatable bonds is 2. The van der Waals surface area contributed by atoms with E-state index in [1.807, 2.05) is 12.1 Å². The van der Waals surface area contributed by atoms with Gasteiger partial charge in [0.05, 0.1) is 6.10 Å². The van der Waals surface area contributed by atoms with E-state index in [1.54, 1.807) is 13.1 Å². The molecule has 1 atom stereocenters. The first kappa shape index (κ1) is 13.1. The van der Waals surface area contributed by atoms with E-state index in [0.29, 0.717) is 0 Å². The van der Waals surface area contributed by atoms with Gasteiger partial charge in [0.25, 0.3) is 0 Å². The van der Waals surface area contributed by atoms with Gasteiger partial charge < -0.3 is 10.0 Å². The Morgan fingerprint density at radius 3 is 2.80 bits per heavy atom. The van der Waals surface area contributed by atoms with Crippen molar-refractivity contribution in [1.29, 1.82) is 0 Å². The van der Waals surface area contributed by atoms with Gasteiger partial charge in [0.15, 0.2) is 0 Å². The highest BCUT2D eigenvalue weighted by Gasteiger charge is 2.19. The molecule has 0 radical (unpaired) electrons. The molecule has 1 aromatic carbocycles. The van der Waals surface area contributed by atoms with Gasteiger partial charge in [-0.2, -0.15) is 0 Å². The van der Waals surface area contributed by atoms with E-state index in [9.17, 15) is 5.11 Å². The zero-order valence-electron chi connectivity index (χ0n) is 12.0. The van der Waals surface area contributed by atoms with Crippen LogP contribution in [-0.4, -0.2) is 16.6 Å². The van der Waals surface area contributed by atoms with Gasteiger partial charge in [-0.15, -0.1) is 0 Å². The van der Waals surface area contributed by atoms with Crippen LogP contribution in [-0.2, 0) is 6.42 Å². The van der Waals surface area contributed by atoms with Crippen LogP contribution in [0.3, 0.4) is 0 Å². The number of nitrogens with zero attached hydrogens (tertiary/aromatic N) is 2. The smallest absolute Gasteiger partial charge is 0.132 e. The van der Waals surface area contributed by atoms with Crippen molar-refractivity contribution in [1.82, 2.24) is 4.98 Å². The maximum atomic E-state index is 9.56. The Bertz CT molecular complexity index is 605. The van der Waals surface area contributed by atoms with E-state index in [0.717, 1.165) is 30.8 Å². The first-order valence-electron chi connectivity index (χ1n) is 7.16. The first-order valence-corrected chi connectivity index (χ1v) is 7.16. The van der Waals surface area contributed by atoms with Crippen LogP contribution in [0.4, 0.5) is 11.5 Å². The maximum Gasteiger partial charge on any atom is 0.132 e. The number of aliphatic hydroxyl groups is 1. The lowest BCUT2D eigenvalue weighted by Crippen LogP contribution is -2.25. The molecule has 0 saturated carbocycles. The Morgan fingerprint density at radius 2 is 2.10 bits per heavy atom. The number of aromatic nitrogens is 1. The van der Waals surface area contributed by atoms with Gasteiger partial charge in [-0.1, -0.05) is 23.8 Å². The molecule has 1 aromatic heterocycles. The largest absolute Gasteiger partial charge is 0.389 e. The predicted octanol–water partition coefficient (Wildman–Crippen LogP) is 3.53. The van der Waals surface area contributed by atoms with E-state index < -0.39 is 6.10 Å². The number of pyridine rings is 1. The normalized spacial score (nSPS) is 15.8. The van der Waals surface area contributed by atoms with Crippen LogP contribution in [0.1, 0.15) is 36.1 Å². The fourth-order valence-electron chi connectivity index (χ4n) is 2.77. The monoisotopic (exact) mass is 268 g/mol. The van der Waals surface area contributed by atoms with Crippen LogP contribution in [0.2, 0.25) is 0 Å². The van der Waals surface area contributed by atoms with Crippen molar-refractivity contribution in [2.24, 2.45) is 0 Å². The summed E-state index contributed by atoms with van der Waals surface area (Å²) in [5.74, 6) is 0.958. The molecule has 3 heteroatoms. The zero-order valence-corrected chi connectivity index (χ0v) is 12.0. The van der Waals surface area contributed by atoms with Gasteiger partial charge >= 0.3 is 0 Å². The second-order valence-electron chi connectivity index (χ2n) is 5.51. The number of aliphatic hydroxyl groups excluding tert-OH is 1. The summed E-state index contributed by atoms with van der Waals surface area (Å²) in [5, 5.41) is 9.56. The fraction of sp³-hybridized carbons (Fsp3) is 0.353. The Hall–Kier alpha value is -1.87. The Labute approximate surface area is 119 Å². The Morgan fingerprint density at radius 1 is 1.25 bits per heavy atom. The van der Waals surface area contributed by atoms with Crippen LogP contribution < -0.4 is 4.90 Å². The Balaban J connectivity index is 1.96. The standard InChI is InChI=1S/C17H20N2O/c1-12-5-7-16-14(10-12)4-3-9-19(16)17-8-6-15(11-18-17)13(2)20/h5-8,10-11,13,20H,3-4,9H2,1-2H3/t13-/m0/s1. The minimum absolute atomic E-state index is 0.465. The minimum atomic E-state index is -0.465. The number of aryl methyl sites for hydroxylation is 2. The lowest BCUT2D eigenvalue weighted by Gasteiger charge is -2.30. The van der Waals surface area contributed by atoms with Crippen molar-refractivity contribution in [3.63, 3.8) is 0 Å². The number of fused-ring (bicyclic) bond motifs is 1. The molecule has 2 heterocycles. The van der Waals surface area contributed by atoms with E-state index in [2.05, 4.69) is 35.0 Å². The molecule has 1 aliphatic heterocycles. The average molecular weight is 268 g/mol. The van der Waals surface area contributed by atoms with Crippen molar-refractivity contribution in [3.8, 4) is 0 Å². The molecule has 0 unspecified atom stereocenters. The predicted molar refractivity (Wildman–Crippen MR) is 81.4 cm³/mol. The molecule has 0 aliphatic carbocycles. The molecule has 3 nitrogen and oxygen atoms in total. The van der Waals surface area contributed by atoms with Gasteiger partial charge in [-0.25, -0.2) is 4.98 Å². The van der Waals surface area contributed by atoms with E-state index >= 15 is 0 Å². The van der Waals surface area contributed by atoms with Gasteiger partial charge in [-0.3, -0.25) is 0 Å². The lowest BCUT2D eigenvalue weighted by atomic mass is 9.99. The van der Waals surface area contributed by atoms with E-state index in [-0.39, 0.29) is 0 Å². The number of hydrogen-bond donors (Lipinski definition) is 1. The van der Waals surface area contributed by atoms with E-state index in [1.165, 1.54) is 16.8 Å². The van der Waals surface area contributed by atoms with Crippen LogP contribution in [0, 0.1) is 6.92 Å². The summed E-state index contributed by atoms with van der Waals surface area (Å²) in [7, 11) is 0. The molecule has 0 spiro atoms. The molecule has 0 fully saturated rings. The molecule has 3 rings (SSSR count). The van der Waals surface area contributed by atoms with Crippen molar-refractivity contribution in [3.05, 3.63) is 53.2 Å². The SMILES string of the molecule is Cc1ccc2c(c1)CCCN2c1ccc([C@H](C)O)cn1. The van der Waals surface area contributed by atoms with Crippen LogP contribution in [0.25, 0.3) is 0 Å². The number of hydrogen-bond acceptors (Lipinski definition) is 3. The maximum absolute atomic E-state index is 9.56. The molecule has 1 N–H and O–H groups in total. The molecule has 20 heavy (non-hydrogen) atoms. The van der Waals surface area contributed by atoms with Gasteiger partial charge in [0.1, 0.15) is 5.82 Å². The quantitative estimate of drug-likeness (QED) is 0.905. The lowest BCUT2D eigenvalue weighted by molar-refractivity contribution is 0.199. The molecule has 104 valence electrons. The summed E-state index contributed by atoms with van der Waals surface area (Å²) in [6.07, 6.45) is 3.59. The van der Waals surface area contributed by atoms with Gasteiger partial charge in [-0.05, 0) is 49.9 Å². The Kier molecular flexibility index (Phi) is 3.45. The van der Waals surface area contributed by atoms with Crippen LogP contribution in [0.15, 0.2) is 36.5 Å². The summed E-state index contributed by atoms with van der Waals surface area (Å²) in [4.78, 5) is 6.78.